The van der Waals surface area contributed by atoms with Gasteiger partial charge in [0.1, 0.15) is 12.4 Å². The third-order valence-electron chi connectivity index (χ3n) is 3.27. The van der Waals surface area contributed by atoms with Crippen LogP contribution >= 0.6 is 11.8 Å². The molecule has 16 heavy (non-hydrogen) atoms. The van der Waals surface area contributed by atoms with Gasteiger partial charge < -0.3 is 10.1 Å². The van der Waals surface area contributed by atoms with E-state index in [1.807, 2.05) is 11.8 Å². The Morgan fingerprint density at radius 1 is 1.31 bits per heavy atom. The Hall–Kier alpha value is -0.670. The second-order valence-corrected chi connectivity index (χ2v) is 5.89. The molecule has 2 aliphatic heterocycles. The van der Waals surface area contributed by atoms with Crippen LogP contribution in [0.5, 0.6) is 5.75 Å². The summed E-state index contributed by atoms with van der Waals surface area (Å²) in [5, 5.41) is 4.07. The highest BCUT2D eigenvalue weighted by atomic mass is 32.2. The molecule has 1 atom stereocenters. The van der Waals surface area contributed by atoms with Gasteiger partial charge in [-0.2, -0.15) is 11.8 Å². The summed E-state index contributed by atoms with van der Waals surface area (Å²) in [5.41, 5.74) is 2.82. The maximum absolute atomic E-state index is 5.87. The maximum Gasteiger partial charge on any atom is 0.119 e. The molecule has 0 bridgehead atoms. The molecule has 3 rings (SSSR count). The lowest BCUT2D eigenvalue weighted by Gasteiger charge is -2.11. The summed E-state index contributed by atoms with van der Waals surface area (Å²) in [6.45, 7) is 2.87. The van der Waals surface area contributed by atoms with Gasteiger partial charge in [-0.05, 0) is 41.9 Å². The Balaban J connectivity index is 1.61. The topological polar surface area (TPSA) is 21.3 Å². The van der Waals surface area contributed by atoms with Crippen molar-refractivity contribution in [1.82, 2.24) is 5.32 Å². The number of fused-ring (bicyclic) bond motifs is 1. The molecule has 2 nitrogen and oxygen atoms in total. The second kappa shape index (κ2) is 4.68. The predicted octanol–water partition coefficient (Wildman–Crippen LogP) is 2.56. The number of benzene rings is 1. The monoisotopic (exact) mass is 235 g/mol. The van der Waals surface area contributed by atoms with Gasteiger partial charge in [0, 0.05) is 18.3 Å². The molecule has 2 heterocycles. The number of rotatable bonds is 3. The van der Waals surface area contributed by atoms with Gasteiger partial charge in [-0.3, -0.25) is 0 Å². The summed E-state index contributed by atoms with van der Waals surface area (Å²) >= 11 is 2.05. The molecule has 0 amide bonds. The molecule has 1 N–H and O–H groups in total. The molecule has 0 aliphatic carbocycles. The lowest BCUT2D eigenvalue weighted by molar-refractivity contribution is 0.314. The van der Waals surface area contributed by atoms with E-state index < -0.39 is 0 Å². The summed E-state index contributed by atoms with van der Waals surface area (Å²) in [7, 11) is 0. The minimum Gasteiger partial charge on any atom is -0.492 e. The second-order valence-electron chi connectivity index (χ2n) is 4.48. The van der Waals surface area contributed by atoms with E-state index in [1.165, 1.54) is 29.7 Å². The summed E-state index contributed by atoms with van der Waals surface area (Å²) in [6, 6.07) is 6.48. The van der Waals surface area contributed by atoms with E-state index in [0.717, 1.165) is 25.4 Å². The zero-order valence-electron chi connectivity index (χ0n) is 9.37. The van der Waals surface area contributed by atoms with Crippen molar-refractivity contribution in [3.8, 4) is 5.75 Å². The number of thioether (sulfide) groups is 1. The molecule has 1 saturated heterocycles. The van der Waals surface area contributed by atoms with Crippen molar-refractivity contribution in [2.24, 2.45) is 0 Å². The summed E-state index contributed by atoms with van der Waals surface area (Å²) in [6.07, 6.45) is 2.67. The molecule has 86 valence electrons. The quantitative estimate of drug-likeness (QED) is 0.870. The average Bonchev–Trinajstić information content (AvgIpc) is 2.97. The van der Waals surface area contributed by atoms with E-state index in [-0.39, 0.29) is 0 Å². The lowest BCUT2D eigenvalue weighted by atomic mass is 10.1. The molecule has 0 saturated carbocycles. The van der Waals surface area contributed by atoms with Gasteiger partial charge in [0.25, 0.3) is 0 Å². The van der Waals surface area contributed by atoms with Gasteiger partial charge in [-0.15, -0.1) is 0 Å². The van der Waals surface area contributed by atoms with Gasteiger partial charge >= 0.3 is 0 Å². The first-order chi connectivity index (χ1) is 7.92. The first kappa shape index (κ1) is 10.5. The predicted molar refractivity (Wildman–Crippen MR) is 68.0 cm³/mol. The fourth-order valence-electron chi connectivity index (χ4n) is 2.33. The number of hydrogen-bond acceptors (Lipinski definition) is 3. The normalized spacial score (nSPS) is 23.4. The highest BCUT2D eigenvalue weighted by molar-refractivity contribution is 8.00. The van der Waals surface area contributed by atoms with Crippen molar-refractivity contribution in [1.29, 1.82) is 0 Å². The molecule has 1 fully saturated rings. The smallest absolute Gasteiger partial charge is 0.119 e. The van der Waals surface area contributed by atoms with Crippen LogP contribution in [0, 0.1) is 0 Å². The van der Waals surface area contributed by atoms with E-state index in [0.29, 0.717) is 5.25 Å². The Kier molecular flexibility index (Phi) is 3.06. The van der Waals surface area contributed by atoms with Crippen LogP contribution in [0.2, 0.25) is 0 Å². The largest absolute Gasteiger partial charge is 0.492 e. The van der Waals surface area contributed by atoms with Gasteiger partial charge in [0.2, 0.25) is 0 Å². The van der Waals surface area contributed by atoms with Crippen LogP contribution in [-0.4, -0.2) is 17.6 Å². The summed E-state index contributed by atoms with van der Waals surface area (Å²) in [5.74, 6) is 2.34. The Labute approximate surface area is 101 Å². The van der Waals surface area contributed by atoms with Crippen molar-refractivity contribution in [2.45, 2.75) is 31.2 Å². The van der Waals surface area contributed by atoms with Crippen LogP contribution in [0.1, 0.15) is 24.0 Å². The van der Waals surface area contributed by atoms with E-state index >= 15 is 0 Å². The maximum atomic E-state index is 5.87. The highest BCUT2D eigenvalue weighted by Gasteiger charge is 2.16. The van der Waals surface area contributed by atoms with Crippen molar-refractivity contribution in [3.63, 3.8) is 0 Å². The van der Waals surface area contributed by atoms with E-state index in [4.69, 9.17) is 4.74 Å². The van der Waals surface area contributed by atoms with Crippen LogP contribution in [0.15, 0.2) is 18.2 Å². The molecule has 0 radical (unpaired) electrons. The first-order valence-corrected chi connectivity index (χ1v) is 7.03. The first-order valence-electron chi connectivity index (χ1n) is 5.99. The van der Waals surface area contributed by atoms with Crippen molar-refractivity contribution in [3.05, 3.63) is 29.3 Å². The van der Waals surface area contributed by atoms with Gasteiger partial charge in [0.05, 0.1) is 0 Å². The summed E-state index contributed by atoms with van der Waals surface area (Å²) in [4.78, 5) is 0. The van der Waals surface area contributed by atoms with Crippen LogP contribution in [0.4, 0.5) is 0 Å². The molecule has 1 aromatic carbocycles. The Morgan fingerprint density at radius 2 is 2.25 bits per heavy atom. The minimum absolute atomic E-state index is 0.714. The summed E-state index contributed by atoms with van der Waals surface area (Å²) < 4.78 is 5.87. The molecular formula is C13H17NOS. The van der Waals surface area contributed by atoms with Crippen LogP contribution < -0.4 is 10.1 Å². The van der Waals surface area contributed by atoms with Crippen molar-refractivity contribution < 1.29 is 4.74 Å². The van der Waals surface area contributed by atoms with Gasteiger partial charge in [-0.25, -0.2) is 0 Å². The standard InChI is InChI=1S/C13H17NOS/c1-2-13(16-5-1)9-15-12-4-3-10-7-14-8-11(10)6-12/h3-4,6,13-14H,1-2,5,7-9H2. The molecule has 2 aliphatic rings. The number of nitrogens with one attached hydrogen (secondary N) is 1. The van der Waals surface area contributed by atoms with Crippen LogP contribution in [0.25, 0.3) is 0 Å². The fourth-order valence-corrected chi connectivity index (χ4v) is 3.49. The fraction of sp³-hybridized carbons (Fsp3) is 0.538. The van der Waals surface area contributed by atoms with Crippen LogP contribution in [0.3, 0.4) is 0 Å². The molecular weight excluding hydrogens is 218 g/mol. The van der Waals surface area contributed by atoms with E-state index in [1.54, 1.807) is 0 Å². The number of hydrogen-bond donors (Lipinski definition) is 1. The van der Waals surface area contributed by atoms with Crippen molar-refractivity contribution >= 4 is 11.8 Å². The van der Waals surface area contributed by atoms with E-state index in [2.05, 4.69) is 23.5 Å². The SMILES string of the molecule is c1cc2c(cc1OCC1CCCS1)CNC2. The Bertz CT molecular complexity index is 374. The third kappa shape index (κ3) is 2.20. The third-order valence-corrected chi connectivity index (χ3v) is 4.64. The molecule has 0 aromatic heterocycles. The number of ether oxygens (including phenoxy) is 1. The van der Waals surface area contributed by atoms with Gasteiger partial charge in [-0.1, -0.05) is 6.07 Å². The van der Waals surface area contributed by atoms with Gasteiger partial charge in [0.15, 0.2) is 0 Å². The highest BCUT2D eigenvalue weighted by Crippen LogP contribution is 2.27. The zero-order valence-corrected chi connectivity index (χ0v) is 10.2. The lowest BCUT2D eigenvalue weighted by Crippen LogP contribution is -2.10. The molecule has 0 spiro atoms. The van der Waals surface area contributed by atoms with Crippen molar-refractivity contribution in [2.75, 3.05) is 12.4 Å². The average molecular weight is 235 g/mol. The molecule has 1 aromatic rings. The molecule has 3 heteroatoms. The minimum atomic E-state index is 0.714. The van der Waals surface area contributed by atoms with E-state index in [9.17, 15) is 0 Å². The zero-order chi connectivity index (χ0) is 10.8. The van der Waals surface area contributed by atoms with Crippen LogP contribution in [-0.2, 0) is 13.1 Å². The Morgan fingerprint density at radius 3 is 3.12 bits per heavy atom. The molecule has 1 unspecified atom stereocenters.